The molecule has 0 saturated carbocycles. The van der Waals surface area contributed by atoms with E-state index in [4.69, 9.17) is 5.11 Å². The van der Waals surface area contributed by atoms with Crippen LogP contribution in [0, 0.1) is 0 Å². The Morgan fingerprint density at radius 3 is 2.50 bits per heavy atom. The van der Waals surface area contributed by atoms with Crippen LogP contribution in [0.2, 0.25) is 0 Å². The van der Waals surface area contributed by atoms with Gasteiger partial charge in [-0.25, -0.2) is 4.79 Å². The van der Waals surface area contributed by atoms with Crippen LogP contribution in [-0.2, 0) is 4.79 Å². The molecule has 0 amide bonds. The average molecular weight is 284 g/mol. The van der Waals surface area contributed by atoms with Gasteiger partial charge in [-0.05, 0) is 12.8 Å². The van der Waals surface area contributed by atoms with Gasteiger partial charge in [-0.1, -0.05) is 36.1 Å². The first-order valence-electron chi connectivity index (χ1n) is 3.73. The van der Waals surface area contributed by atoms with Crippen LogP contribution in [0.25, 0.3) is 0 Å². The Morgan fingerprint density at radius 2 is 2.17 bits per heavy atom. The molecule has 12 heavy (non-hydrogen) atoms. The third-order valence-electron chi connectivity index (χ3n) is 1.60. The van der Waals surface area contributed by atoms with Crippen molar-refractivity contribution in [1.82, 2.24) is 0 Å². The Kier molecular flexibility index (Phi) is 5.48. The molecule has 0 heterocycles. The van der Waals surface area contributed by atoms with Crippen molar-refractivity contribution in [1.29, 1.82) is 0 Å². The number of aliphatic hydroxyl groups excluding tert-OH is 1. The summed E-state index contributed by atoms with van der Waals surface area (Å²) in [5.74, 6) is -1.12. The molecular formula is C8H13IO3. The molecular weight excluding hydrogens is 271 g/mol. The fourth-order valence-corrected chi connectivity index (χ4v) is 1.18. The summed E-state index contributed by atoms with van der Waals surface area (Å²) in [4.78, 5) is 10.3. The predicted octanol–water partition coefficient (Wildman–Crippen LogP) is 1.59. The van der Waals surface area contributed by atoms with Crippen molar-refractivity contribution >= 4 is 28.6 Å². The lowest BCUT2D eigenvalue weighted by Crippen LogP contribution is -2.20. The SMILES string of the molecule is C=C(C(=O)O)C(O)CC(I)CC. The summed E-state index contributed by atoms with van der Waals surface area (Å²) < 4.78 is 0.300. The number of hydrogen-bond donors (Lipinski definition) is 2. The quantitative estimate of drug-likeness (QED) is 0.458. The first kappa shape index (κ1) is 11.9. The van der Waals surface area contributed by atoms with E-state index in [1.807, 2.05) is 6.92 Å². The van der Waals surface area contributed by atoms with E-state index in [0.29, 0.717) is 10.3 Å². The Morgan fingerprint density at radius 1 is 1.67 bits per heavy atom. The molecule has 0 aromatic heterocycles. The van der Waals surface area contributed by atoms with Crippen molar-refractivity contribution in [2.75, 3.05) is 0 Å². The topological polar surface area (TPSA) is 57.5 Å². The molecule has 0 aromatic carbocycles. The third kappa shape index (κ3) is 4.06. The summed E-state index contributed by atoms with van der Waals surface area (Å²) in [6.45, 7) is 5.28. The molecule has 0 fully saturated rings. The van der Waals surface area contributed by atoms with Crippen molar-refractivity contribution in [2.24, 2.45) is 0 Å². The van der Waals surface area contributed by atoms with E-state index in [9.17, 15) is 9.90 Å². The maximum Gasteiger partial charge on any atom is 0.333 e. The number of aliphatic hydroxyl groups is 1. The van der Waals surface area contributed by atoms with Gasteiger partial charge < -0.3 is 10.2 Å². The number of aliphatic carboxylic acids is 1. The molecule has 0 spiro atoms. The highest BCUT2D eigenvalue weighted by molar-refractivity contribution is 14.1. The van der Waals surface area contributed by atoms with E-state index < -0.39 is 12.1 Å². The lowest BCUT2D eigenvalue weighted by Gasteiger charge is -2.13. The molecule has 70 valence electrons. The van der Waals surface area contributed by atoms with Crippen molar-refractivity contribution in [3.05, 3.63) is 12.2 Å². The van der Waals surface area contributed by atoms with Crippen molar-refractivity contribution in [3.8, 4) is 0 Å². The van der Waals surface area contributed by atoms with Crippen molar-refractivity contribution in [3.63, 3.8) is 0 Å². The lowest BCUT2D eigenvalue weighted by atomic mass is 10.1. The maximum absolute atomic E-state index is 10.3. The minimum atomic E-state index is -1.12. The van der Waals surface area contributed by atoms with Crippen molar-refractivity contribution in [2.45, 2.75) is 29.8 Å². The first-order chi connectivity index (χ1) is 5.49. The summed E-state index contributed by atoms with van der Waals surface area (Å²) in [5, 5.41) is 17.8. The molecule has 2 atom stereocenters. The number of halogens is 1. The van der Waals surface area contributed by atoms with Gasteiger partial charge in [-0.15, -0.1) is 0 Å². The van der Waals surface area contributed by atoms with E-state index in [0.717, 1.165) is 6.42 Å². The normalized spacial score (nSPS) is 15.2. The molecule has 0 aliphatic rings. The zero-order valence-corrected chi connectivity index (χ0v) is 9.11. The van der Waals surface area contributed by atoms with Gasteiger partial charge in [0.25, 0.3) is 0 Å². The summed E-state index contributed by atoms with van der Waals surface area (Å²) >= 11 is 2.18. The zero-order chi connectivity index (χ0) is 9.72. The Balaban J connectivity index is 3.95. The van der Waals surface area contributed by atoms with Crippen LogP contribution >= 0.6 is 22.6 Å². The Hall–Kier alpha value is -0.100. The second kappa shape index (κ2) is 5.53. The molecule has 2 unspecified atom stereocenters. The fraction of sp³-hybridized carbons (Fsp3) is 0.625. The van der Waals surface area contributed by atoms with Crippen LogP contribution in [0.3, 0.4) is 0 Å². The molecule has 0 rings (SSSR count). The molecule has 0 aliphatic carbocycles. The predicted molar refractivity (Wildman–Crippen MR) is 55.5 cm³/mol. The van der Waals surface area contributed by atoms with Gasteiger partial charge in [-0.3, -0.25) is 0 Å². The van der Waals surface area contributed by atoms with Crippen LogP contribution in [0.4, 0.5) is 0 Å². The molecule has 4 heteroatoms. The number of alkyl halides is 1. The van der Waals surface area contributed by atoms with E-state index in [-0.39, 0.29) is 5.57 Å². The standard InChI is InChI=1S/C8H13IO3/c1-3-6(9)4-7(10)5(2)8(11)12/h6-7,10H,2-4H2,1H3,(H,11,12). The number of carboxylic acid groups (broad SMARTS) is 1. The van der Waals surface area contributed by atoms with E-state index >= 15 is 0 Å². The van der Waals surface area contributed by atoms with Gasteiger partial charge in [-0.2, -0.15) is 0 Å². The minimum absolute atomic E-state index is 0.120. The minimum Gasteiger partial charge on any atom is -0.478 e. The Bertz CT molecular complexity index is 179. The Labute approximate surface area is 85.6 Å². The lowest BCUT2D eigenvalue weighted by molar-refractivity contribution is -0.133. The number of carboxylic acids is 1. The highest BCUT2D eigenvalue weighted by Crippen LogP contribution is 2.16. The molecule has 0 saturated heterocycles. The number of rotatable bonds is 5. The van der Waals surface area contributed by atoms with E-state index in [1.54, 1.807) is 0 Å². The van der Waals surface area contributed by atoms with Gasteiger partial charge in [0, 0.05) is 3.92 Å². The van der Waals surface area contributed by atoms with Crippen LogP contribution in [0.1, 0.15) is 19.8 Å². The summed E-state index contributed by atoms with van der Waals surface area (Å²) in [7, 11) is 0. The van der Waals surface area contributed by atoms with E-state index in [1.165, 1.54) is 0 Å². The second-order valence-electron chi connectivity index (χ2n) is 2.59. The highest BCUT2D eigenvalue weighted by Gasteiger charge is 2.17. The smallest absolute Gasteiger partial charge is 0.333 e. The van der Waals surface area contributed by atoms with Crippen molar-refractivity contribution < 1.29 is 15.0 Å². The molecule has 0 bridgehead atoms. The highest BCUT2D eigenvalue weighted by atomic mass is 127. The van der Waals surface area contributed by atoms with Crippen LogP contribution < -0.4 is 0 Å². The summed E-state index contributed by atoms with van der Waals surface area (Å²) in [5.41, 5.74) is -0.120. The number of hydrogen-bond acceptors (Lipinski definition) is 2. The molecule has 2 N–H and O–H groups in total. The molecule has 0 aromatic rings. The molecule has 0 radical (unpaired) electrons. The summed E-state index contributed by atoms with van der Waals surface area (Å²) in [6, 6.07) is 0. The van der Waals surface area contributed by atoms with Gasteiger partial charge in [0.2, 0.25) is 0 Å². The first-order valence-corrected chi connectivity index (χ1v) is 4.97. The molecule has 0 aliphatic heterocycles. The van der Waals surface area contributed by atoms with Crippen LogP contribution in [-0.4, -0.2) is 26.2 Å². The van der Waals surface area contributed by atoms with E-state index in [2.05, 4.69) is 29.2 Å². The van der Waals surface area contributed by atoms with Gasteiger partial charge >= 0.3 is 5.97 Å². The van der Waals surface area contributed by atoms with Crippen LogP contribution in [0.5, 0.6) is 0 Å². The maximum atomic E-state index is 10.3. The molecule has 3 nitrogen and oxygen atoms in total. The van der Waals surface area contributed by atoms with Gasteiger partial charge in [0.1, 0.15) is 0 Å². The van der Waals surface area contributed by atoms with Crippen LogP contribution in [0.15, 0.2) is 12.2 Å². The largest absolute Gasteiger partial charge is 0.478 e. The number of carbonyl (C=O) groups is 1. The zero-order valence-electron chi connectivity index (χ0n) is 6.96. The average Bonchev–Trinajstić information content (AvgIpc) is 2.02. The second-order valence-corrected chi connectivity index (χ2v) is 4.35. The summed E-state index contributed by atoms with van der Waals surface area (Å²) in [6.07, 6.45) is 0.469. The fourth-order valence-electron chi connectivity index (χ4n) is 0.694. The van der Waals surface area contributed by atoms with Gasteiger partial charge in [0.15, 0.2) is 0 Å². The third-order valence-corrected chi connectivity index (χ3v) is 2.99. The van der Waals surface area contributed by atoms with Gasteiger partial charge in [0.05, 0.1) is 11.7 Å². The monoisotopic (exact) mass is 284 g/mol.